The molecule has 5 rings (SSSR count). The van der Waals surface area contributed by atoms with Crippen molar-refractivity contribution in [3.05, 3.63) is 88.7 Å². The molecule has 0 N–H and O–H groups in total. The Labute approximate surface area is 196 Å². The molecule has 3 aromatic rings. The Morgan fingerprint density at radius 2 is 1.64 bits per heavy atom. The van der Waals surface area contributed by atoms with Gasteiger partial charge in [-0.1, -0.05) is 60.7 Å². The third-order valence-electron chi connectivity index (χ3n) is 6.96. The maximum Gasteiger partial charge on any atom is 0.274 e. The first-order valence-corrected chi connectivity index (χ1v) is 11.9. The van der Waals surface area contributed by atoms with Gasteiger partial charge in [0, 0.05) is 70.5 Å². The summed E-state index contributed by atoms with van der Waals surface area (Å²) in [6, 6.07) is 21.6. The fraction of sp³-hybridized carbons (Fsp3) is 0.407. The highest BCUT2D eigenvalue weighted by molar-refractivity contribution is 5.93. The lowest BCUT2D eigenvalue weighted by Crippen LogP contribution is -2.41. The van der Waals surface area contributed by atoms with Gasteiger partial charge in [-0.05, 0) is 17.5 Å². The molecule has 0 spiro atoms. The molecule has 172 valence electrons. The number of rotatable bonds is 6. The highest BCUT2D eigenvalue weighted by atomic mass is 16.2. The van der Waals surface area contributed by atoms with Crippen molar-refractivity contribution >= 4 is 5.91 Å². The molecule has 0 saturated carbocycles. The molecule has 2 aliphatic rings. The summed E-state index contributed by atoms with van der Waals surface area (Å²) < 4.78 is 2.06. The van der Waals surface area contributed by atoms with Gasteiger partial charge in [-0.3, -0.25) is 19.3 Å². The van der Waals surface area contributed by atoms with E-state index in [0.29, 0.717) is 18.3 Å². The standard InChI is InChI=1S/C27H33N5O/c1-29(2)27(33)26-24-20-31(23-13-15-30(19-23)17-21-9-5-3-6-10-21)16-14-25(24)32(28-26)18-22-11-7-4-8-12-22/h3-12,23H,13-20H2,1-2H3. The minimum Gasteiger partial charge on any atom is -0.343 e. The minimum absolute atomic E-state index is 0.00274. The van der Waals surface area contributed by atoms with Gasteiger partial charge in [0.25, 0.3) is 5.91 Å². The van der Waals surface area contributed by atoms with E-state index >= 15 is 0 Å². The van der Waals surface area contributed by atoms with Crippen LogP contribution in [0.25, 0.3) is 0 Å². The van der Waals surface area contributed by atoms with Crippen LogP contribution < -0.4 is 0 Å². The molecule has 1 atom stereocenters. The van der Waals surface area contributed by atoms with Crippen LogP contribution in [-0.4, -0.2) is 70.2 Å². The second-order valence-electron chi connectivity index (χ2n) is 9.50. The zero-order valence-corrected chi connectivity index (χ0v) is 19.7. The molecule has 6 heteroatoms. The fourth-order valence-corrected chi connectivity index (χ4v) is 5.19. The van der Waals surface area contributed by atoms with Crippen molar-refractivity contribution in [2.45, 2.75) is 38.5 Å². The zero-order chi connectivity index (χ0) is 22.8. The summed E-state index contributed by atoms with van der Waals surface area (Å²) in [5, 5.41) is 4.83. The second kappa shape index (κ2) is 9.49. The van der Waals surface area contributed by atoms with Crippen LogP contribution in [0.4, 0.5) is 0 Å². The van der Waals surface area contributed by atoms with E-state index in [1.165, 1.54) is 23.2 Å². The average molecular weight is 444 g/mol. The Hall–Kier alpha value is -2.96. The smallest absolute Gasteiger partial charge is 0.274 e. The summed E-state index contributed by atoms with van der Waals surface area (Å²) in [6.07, 6.45) is 2.11. The first-order valence-electron chi connectivity index (χ1n) is 11.9. The SMILES string of the molecule is CN(C)C(=O)c1nn(Cc2ccccc2)c2c1CN(C1CCN(Cc3ccccc3)C1)CC2. The van der Waals surface area contributed by atoms with Crippen LogP contribution in [0.1, 0.15) is 39.3 Å². The Bertz CT molecular complexity index is 1090. The second-order valence-corrected chi connectivity index (χ2v) is 9.50. The molecule has 2 aliphatic heterocycles. The monoisotopic (exact) mass is 443 g/mol. The summed E-state index contributed by atoms with van der Waals surface area (Å²) in [5.74, 6) is -0.00274. The summed E-state index contributed by atoms with van der Waals surface area (Å²) in [4.78, 5) is 19.8. The van der Waals surface area contributed by atoms with Gasteiger partial charge < -0.3 is 4.90 Å². The average Bonchev–Trinajstić information content (AvgIpc) is 3.44. The minimum atomic E-state index is -0.00274. The van der Waals surface area contributed by atoms with Gasteiger partial charge in [-0.15, -0.1) is 0 Å². The number of benzene rings is 2. The van der Waals surface area contributed by atoms with E-state index in [1.807, 2.05) is 20.2 Å². The Morgan fingerprint density at radius 3 is 2.30 bits per heavy atom. The maximum atomic E-state index is 13.0. The number of carbonyl (C=O) groups is 1. The number of amides is 1. The zero-order valence-electron chi connectivity index (χ0n) is 19.7. The van der Waals surface area contributed by atoms with E-state index in [2.05, 4.69) is 69.1 Å². The predicted octanol–water partition coefficient (Wildman–Crippen LogP) is 3.27. The van der Waals surface area contributed by atoms with Gasteiger partial charge in [0.1, 0.15) is 0 Å². The quantitative estimate of drug-likeness (QED) is 0.587. The summed E-state index contributed by atoms with van der Waals surface area (Å²) in [5.41, 5.74) is 5.55. The van der Waals surface area contributed by atoms with E-state index in [1.54, 1.807) is 4.90 Å². The first-order chi connectivity index (χ1) is 16.1. The van der Waals surface area contributed by atoms with Crippen molar-refractivity contribution in [2.24, 2.45) is 0 Å². The molecule has 1 fully saturated rings. The Kier molecular flexibility index (Phi) is 6.29. The number of likely N-dealkylation sites (tertiary alicyclic amines) is 1. The third-order valence-corrected chi connectivity index (χ3v) is 6.96. The summed E-state index contributed by atoms with van der Waals surface area (Å²) in [7, 11) is 3.62. The molecule has 33 heavy (non-hydrogen) atoms. The van der Waals surface area contributed by atoms with Crippen LogP contribution in [0.15, 0.2) is 60.7 Å². The molecule has 0 bridgehead atoms. The third kappa shape index (κ3) is 4.72. The van der Waals surface area contributed by atoms with E-state index in [-0.39, 0.29) is 5.91 Å². The number of fused-ring (bicyclic) bond motifs is 1. The number of hydrogen-bond donors (Lipinski definition) is 0. The molecule has 3 heterocycles. The van der Waals surface area contributed by atoms with Crippen LogP contribution in [0.2, 0.25) is 0 Å². The highest BCUT2D eigenvalue weighted by Crippen LogP contribution is 2.28. The van der Waals surface area contributed by atoms with Gasteiger partial charge in [0.15, 0.2) is 5.69 Å². The maximum absolute atomic E-state index is 13.0. The normalized spacial score (nSPS) is 18.9. The van der Waals surface area contributed by atoms with Gasteiger partial charge in [0.05, 0.1) is 6.54 Å². The summed E-state index contributed by atoms with van der Waals surface area (Å²) in [6.45, 7) is 5.75. The number of hydrogen-bond acceptors (Lipinski definition) is 4. The molecule has 1 amide bonds. The van der Waals surface area contributed by atoms with Crippen LogP contribution in [0, 0.1) is 0 Å². The van der Waals surface area contributed by atoms with Crippen LogP contribution in [-0.2, 0) is 26.1 Å². The van der Waals surface area contributed by atoms with Gasteiger partial charge in [-0.2, -0.15) is 5.10 Å². The van der Waals surface area contributed by atoms with Crippen molar-refractivity contribution in [3.8, 4) is 0 Å². The molecule has 1 aromatic heterocycles. The molecule has 1 saturated heterocycles. The van der Waals surface area contributed by atoms with E-state index in [0.717, 1.165) is 44.7 Å². The van der Waals surface area contributed by atoms with Gasteiger partial charge in [0.2, 0.25) is 0 Å². The largest absolute Gasteiger partial charge is 0.343 e. The molecule has 0 aliphatic carbocycles. The van der Waals surface area contributed by atoms with Crippen LogP contribution >= 0.6 is 0 Å². The number of carbonyl (C=O) groups excluding carboxylic acids is 1. The van der Waals surface area contributed by atoms with Gasteiger partial charge in [-0.25, -0.2) is 0 Å². The van der Waals surface area contributed by atoms with E-state index in [4.69, 9.17) is 5.10 Å². The van der Waals surface area contributed by atoms with Crippen molar-refractivity contribution in [1.82, 2.24) is 24.5 Å². The van der Waals surface area contributed by atoms with Crippen molar-refractivity contribution in [1.29, 1.82) is 0 Å². The summed E-state index contributed by atoms with van der Waals surface area (Å²) >= 11 is 0. The lowest BCUT2D eigenvalue weighted by Gasteiger charge is -2.33. The number of nitrogens with zero attached hydrogens (tertiary/aromatic N) is 5. The molecule has 1 unspecified atom stereocenters. The fourth-order valence-electron chi connectivity index (χ4n) is 5.19. The van der Waals surface area contributed by atoms with E-state index in [9.17, 15) is 4.79 Å². The topological polar surface area (TPSA) is 44.6 Å². The Morgan fingerprint density at radius 1 is 0.970 bits per heavy atom. The Balaban J connectivity index is 1.34. The van der Waals surface area contributed by atoms with Crippen molar-refractivity contribution in [2.75, 3.05) is 33.7 Å². The van der Waals surface area contributed by atoms with Crippen LogP contribution in [0.3, 0.4) is 0 Å². The molecular formula is C27H33N5O. The van der Waals surface area contributed by atoms with Crippen LogP contribution in [0.5, 0.6) is 0 Å². The van der Waals surface area contributed by atoms with Crippen molar-refractivity contribution < 1.29 is 4.79 Å². The molecular weight excluding hydrogens is 410 g/mol. The van der Waals surface area contributed by atoms with Gasteiger partial charge >= 0.3 is 0 Å². The first kappa shape index (κ1) is 21.9. The van der Waals surface area contributed by atoms with Crippen molar-refractivity contribution in [3.63, 3.8) is 0 Å². The van der Waals surface area contributed by atoms with E-state index < -0.39 is 0 Å². The lowest BCUT2D eigenvalue weighted by molar-refractivity contribution is 0.0817. The molecule has 2 aromatic carbocycles. The highest BCUT2D eigenvalue weighted by Gasteiger charge is 2.34. The predicted molar refractivity (Wildman–Crippen MR) is 130 cm³/mol. The lowest BCUT2D eigenvalue weighted by atomic mass is 10.0. The number of aromatic nitrogens is 2. The molecule has 6 nitrogen and oxygen atoms in total. The molecule has 0 radical (unpaired) electrons.